The molecule has 1 fully saturated rings. The Balaban J connectivity index is 1.68. The van der Waals surface area contributed by atoms with Crippen LogP contribution in [0.1, 0.15) is 95.1 Å². The molecule has 3 N–H and O–H groups in total. The van der Waals surface area contributed by atoms with E-state index in [0.29, 0.717) is 12.0 Å². The van der Waals surface area contributed by atoms with E-state index in [1.165, 1.54) is 32.1 Å². The van der Waals surface area contributed by atoms with Crippen LogP contribution in [0.5, 0.6) is 0 Å². The Hall–Kier alpha value is -2.71. The van der Waals surface area contributed by atoms with Gasteiger partial charge in [-0.05, 0) is 56.1 Å². The molecule has 9 heteroatoms. The molecule has 1 atom stereocenters. The summed E-state index contributed by atoms with van der Waals surface area (Å²) in [5.41, 5.74) is -1.30. The average molecular weight is 512 g/mol. The lowest BCUT2D eigenvalue weighted by Gasteiger charge is -2.19. The standard InChI is InChI=1S/C27H39F2NO6/c1-2-3-4-5-6-7-8-9-11-19-13-14-20(23(29)22(19)28)12-10-17-36-26(35)30-21-15-16-27(18-21,24(31)32)25(33)34/h13-14,21H,2-12,15-18H2,1H3,(H,30,35)(H,31,32)(H,33,34). The van der Waals surface area contributed by atoms with E-state index < -0.39 is 41.1 Å². The number of carboxylic acids is 2. The minimum absolute atomic E-state index is 0.0391. The molecule has 1 unspecified atom stereocenters. The largest absolute Gasteiger partial charge is 0.480 e. The summed E-state index contributed by atoms with van der Waals surface area (Å²) in [5.74, 6) is -4.52. The fourth-order valence-electron chi connectivity index (χ4n) is 4.75. The van der Waals surface area contributed by atoms with Crippen LogP contribution in [0.25, 0.3) is 0 Å². The second kappa shape index (κ2) is 14.8. The molecular formula is C27H39F2NO6. The first-order valence-corrected chi connectivity index (χ1v) is 13.1. The molecule has 2 rings (SSSR count). The van der Waals surface area contributed by atoms with Crippen LogP contribution in [0.2, 0.25) is 0 Å². The van der Waals surface area contributed by atoms with E-state index in [4.69, 9.17) is 4.74 Å². The fraction of sp³-hybridized carbons (Fsp3) is 0.667. The van der Waals surface area contributed by atoms with Crippen molar-refractivity contribution in [3.8, 4) is 0 Å². The predicted octanol–water partition coefficient (Wildman–Crippen LogP) is 6.01. The average Bonchev–Trinajstić information content (AvgIpc) is 3.27. The summed E-state index contributed by atoms with van der Waals surface area (Å²) in [7, 11) is 0. The number of nitrogens with one attached hydrogen (secondary N) is 1. The summed E-state index contributed by atoms with van der Waals surface area (Å²) in [6.07, 6.45) is 9.19. The molecule has 1 aromatic carbocycles. The smallest absolute Gasteiger partial charge is 0.407 e. The van der Waals surface area contributed by atoms with Crippen molar-refractivity contribution >= 4 is 18.0 Å². The number of benzene rings is 1. The molecule has 0 spiro atoms. The van der Waals surface area contributed by atoms with Gasteiger partial charge in [0, 0.05) is 6.04 Å². The van der Waals surface area contributed by atoms with E-state index in [0.717, 1.165) is 19.3 Å². The zero-order chi connectivity index (χ0) is 26.6. The number of unbranched alkanes of at least 4 members (excludes halogenated alkanes) is 7. The number of aliphatic carboxylic acids is 2. The molecule has 1 amide bonds. The van der Waals surface area contributed by atoms with Crippen LogP contribution in [-0.2, 0) is 27.2 Å². The molecule has 0 saturated heterocycles. The Kier molecular flexibility index (Phi) is 12.1. The van der Waals surface area contributed by atoms with Crippen LogP contribution in [0.4, 0.5) is 13.6 Å². The summed E-state index contributed by atoms with van der Waals surface area (Å²) in [6.45, 7) is 2.15. The maximum Gasteiger partial charge on any atom is 0.407 e. The monoisotopic (exact) mass is 511 g/mol. The van der Waals surface area contributed by atoms with Crippen LogP contribution in [-0.4, -0.2) is 40.9 Å². The van der Waals surface area contributed by atoms with Gasteiger partial charge in [-0.1, -0.05) is 64.0 Å². The van der Waals surface area contributed by atoms with Crippen LogP contribution in [0, 0.1) is 17.0 Å². The van der Waals surface area contributed by atoms with Crippen molar-refractivity contribution in [2.24, 2.45) is 5.41 Å². The number of hydrogen-bond donors (Lipinski definition) is 3. The second-order valence-corrected chi connectivity index (χ2v) is 9.75. The molecule has 0 heterocycles. The molecule has 1 aliphatic rings. The number of carbonyl (C=O) groups excluding carboxylic acids is 1. The summed E-state index contributed by atoms with van der Waals surface area (Å²) in [5, 5.41) is 21.0. The molecule has 1 saturated carbocycles. The first-order chi connectivity index (χ1) is 17.2. The summed E-state index contributed by atoms with van der Waals surface area (Å²) in [4.78, 5) is 34.7. The third-order valence-electron chi connectivity index (χ3n) is 7.02. The Morgan fingerprint density at radius 2 is 1.44 bits per heavy atom. The van der Waals surface area contributed by atoms with E-state index in [9.17, 15) is 33.4 Å². The minimum atomic E-state index is -1.90. The van der Waals surface area contributed by atoms with Gasteiger partial charge in [0.25, 0.3) is 0 Å². The molecule has 202 valence electrons. The maximum atomic E-state index is 14.5. The van der Waals surface area contributed by atoms with Crippen molar-refractivity contribution in [1.29, 1.82) is 0 Å². The number of halogens is 2. The fourth-order valence-corrected chi connectivity index (χ4v) is 4.75. The highest BCUT2D eigenvalue weighted by Crippen LogP contribution is 2.39. The summed E-state index contributed by atoms with van der Waals surface area (Å²) < 4.78 is 34.0. The van der Waals surface area contributed by atoms with Crippen LogP contribution >= 0.6 is 0 Å². The van der Waals surface area contributed by atoms with Gasteiger partial charge in [-0.2, -0.15) is 0 Å². The topological polar surface area (TPSA) is 113 Å². The van der Waals surface area contributed by atoms with E-state index in [-0.39, 0.29) is 44.3 Å². The number of amides is 1. The molecule has 0 bridgehead atoms. The van der Waals surface area contributed by atoms with Gasteiger partial charge in [0.05, 0.1) is 6.61 Å². The number of aryl methyl sites for hydroxylation is 2. The van der Waals surface area contributed by atoms with Gasteiger partial charge in [0.2, 0.25) is 0 Å². The normalized spacial score (nSPS) is 16.6. The molecule has 1 aromatic rings. The second-order valence-electron chi connectivity index (χ2n) is 9.75. The highest BCUT2D eigenvalue weighted by Gasteiger charge is 2.52. The van der Waals surface area contributed by atoms with Gasteiger partial charge in [-0.3, -0.25) is 9.59 Å². The Morgan fingerprint density at radius 3 is 1.97 bits per heavy atom. The molecule has 1 aliphatic carbocycles. The lowest BCUT2D eigenvalue weighted by molar-refractivity contribution is -0.164. The zero-order valence-electron chi connectivity index (χ0n) is 21.1. The van der Waals surface area contributed by atoms with Crippen molar-refractivity contribution in [2.45, 2.75) is 103 Å². The van der Waals surface area contributed by atoms with Gasteiger partial charge in [-0.15, -0.1) is 0 Å². The molecule has 0 radical (unpaired) electrons. The number of ether oxygens (including phenoxy) is 1. The van der Waals surface area contributed by atoms with Crippen LogP contribution < -0.4 is 5.32 Å². The molecule has 36 heavy (non-hydrogen) atoms. The van der Waals surface area contributed by atoms with E-state index in [1.807, 2.05) is 0 Å². The van der Waals surface area contributed by atoms with Gasteiger partial charge in [0.1, 0.15) is 0 Å². The van der Waals surface area contributed by atoms with Crippen molar-refractivity contribution in [3.63, 3.8) is 0 Å². The lowest BCUT2D eigenvalue weighted by Crippen LogP contribution is -2.40. The maximum absolute atomic E-state index is 14.5. The minimum Gasteiger partial charge on any atom is -0.480 e. The summed E-state index contributed by atoms with van der Waals surface area (Å²) >= 11 is 0. The van der Waals surface area contributed by atoms with E-state index >= 15 is 0 Å². The van der Waals surface area contributed by atoms with Crippen molar-refractivity contribution in [2.75, 3.05) is 6.61 Å². The van der Waals surface area contributed by atoms with E-state index in [1.54, 1.807) is 12.1 Å². The highest BCUT2D eigenvalue weighted by molar-refractivity contribution is 5.98. The number of rotatable bonds is 16. The third-order valence-corrected chi connectivity index (χ3v) is 7.02. The number of hydrogen-bond acceptors (Lipinski definition) is 4. The Morgan fingerprint density at radius 1 is 0.917 bits per heavy atom. The molecule has 7 nitrogen and oxygen atoms in total. The Bertz CT molecular complexity index is 877. The number of alkyl carbamates (subject to hydrolysis) is 1. The lowest BCUT2D eigenvalue weighted by atomic mass is 9.86. The van der Waals surface area contributed by atoms with Gasteiger partial charge in [0.15, 0.2) is 17.0 Å². The SMILES string of the molecule is CCCCCCCCCCc1ccc(CCCOC(=O)NC2CCC(C(=O)O)(C(=O)O)C2)c(F)c1F. The first-order valence-electron chi connectivity index (χ1n) is 13.1. The van der Waals surface area contributed by atoms with Crippen molar-refractivity contribution < 1.29 is 38.1 Å². The van der Waals surface area contributed by atoms with E-state index in [2.05, 4.69) is 12.2 Å². The summed E-state index contributed by atoms with van der Waals surface area (Å²) in [6, 6.07) is 2.58. The molecule has 0 aromatic heterocycles. The van der Waals surface area contributed by atoms with Crippen LogP contribution in [0.15, 0.2) is 12.1 Å². The third kappa shape index (κ3) is 8.45. The van der Waals surface area contributed by atoms with Gasteiger partial charge >= 0.3 is 18.0 Å². The van der Waals surface area contributed by atoms with Crippen molar-refractivity contribution in [1.82, 2.24) is 5.32 Å². The molecular weight excluding hydrogens is 472 g/mol. The predicted molar refractivity (Wildman–Crippen MR) is 131 cm³/mol. The molecule has 0 aliphatic heterocycles. The number of carbonyl (C=O) groups is 3. The number of carboxylic acid groups (broad SMARTS) is 2. The van der Waals surface area contributed by atoms with Crippen LogP contribution in [0.3, 0.4) is 0 Å². The van der Waals surface area contributed by atoms with Gasteiger partial charge < -0.3 is 20.3 Å². The quantitative estimate of drug-likeness (QED) is 0.185. The Labute approximate surface area is 211 Å². The highest BCUT2D eigenvalue weighted by atomic mass is 19.2. The first kappa shape index (κ1) is 29.5. The zero-order valence-corrected chi connectivity index (χ0v) is 21.1. The van der Waals surface area contributed by atoms with Gasteiger partial charge in [-0.25, -0.2) is 13.6 Å². The van der Waals surface area contributed by atoms with Crippen molar-refractivity contribution in [3.05, 3.63) is 34.9 Å².